The molecule has 0 radical (unpaired) electrons. The van der Waals surface area contributed by atoms with Gasteiger partial charge in [0.15, 0.2) is 24.8 Å². The van der Waals surface area contributed by atoms with E-state index in [2.05, 4.69) is 0 Å². The molecular weight excluding hydrogens is 308 g/mol. The third-order valence-corrected chi connectivity index (χ3v) is 10.6. The zero-order valence-electron chi connectivity index (χ0n) is 12.8. The van der Waals surface area contributed by atoms with Crippen LogP contribution < -0.4 is 0 Å². The highest BCUT2D eigenvalue weighted by atomic mass is 32.3. The summed E-state index contributed by atoms with van der Waals surface area (Å²) in [6.45, 7) is 0. The van der Waals surface area contributed by atoms with E-state index < -0.39 is 35.3 Å². The molecule has 0 unspecified atom stereocenters. The molecule has 2 rings (SSSR count). The summed E-state index contributed by atoms with van der Waals surface area (Å²) in [5.41, 5.74) is 0. The van der Waals surface area contributed by atoms with Crippen molar-refractivity contribution in [3.63, 3.8) is 0 Å². The molecule has 0 aromatic heterocycles. The molecule has 2 aliphatic rings. The summed E-state index contributed by atoms with van der Waals surface area (Å²) in [4.78, 5) is 0. The molecule has 124 valence electrons. The van der Waals surface area contributed by atoms with Crippen LogP contribution in [0.15, 0.2) is 0 Å². The van der Waals surface area contributed by atoms with Crippen molar-refractivity contribution in [2.75, 3.05) is 5.08 Å². The minimum Gasteiger partial charge on any atom is -0.227 e. The van der Waals surface area contributed by atoms with Gasteiger partial charge in [-0.15, -0.1) is 0 Å². The van der Waals surface area contributed by atoms with Gasteiger partial charge in [0.05, 0.1) is 10.5 Å². The second-order valence-corrected chi connectivity index (χ2v) is 11.6. The Morgan fingerprint density at radius 2 is 0.810 bits per heavy atom. The van der Waals surface area contributed by atoms with Gasteiger partial charge in [-0.2, -0.15) is 0 Å². The molecule has 6 heteroatoms. The lowest BCUT2D eigenvalue weighted by Gasteiger charge is -2.19. The van der Waals surface area contributed by atoms with Gasteiger partial charge in [0.25, 0.3) is 0 Å². The first-order chi connectivity index (χ1) is 9.92. The summed E-state index contributed by atoms with van der Waals surface area (Å²) in [5, 5.41) is -1.48. The Labute approximate surface area is 129 Å². The summed E-state index contributed by atoms with van der Waals surface area (Å²) in [6.07, 6.45) is 10.5. The molecule has 21 heavy (non-hydrogen) atoms. The first kappa shape index (κ1) is 17.3. The standard InChI is InChI=1S/C15H28O4S2/c16-20(17,14-9-5-1-2-6-10-14)13-21(18,19)15-11-7-3-4-8-12-15/h14-15H,1-13H2. The van der Waals surface area contributed by atoms with Crippen molar-refractivity contribution in [3.05, 3.63) is 0 Å². The van der Waals surface area contributed by atoms with Gasteiger partial charge in [-0.3, -0.25) is 0 Å². The normalized spacial score (nSPS) is 24.4. The minimum absolute atomic E-state index is 0.430. The van der Waals surface area contributed by atoms with Crippen LogP contribution >= 0.6 is 0 Å². The van der Waals surface area contributed by atoms with Crippen LogP contribution in [0.25, 0.3) is 0 Å². The van der Waals surface area contributed by atoms with Gasteiger partial charge >= 0.3 is 0 Å². The zero-order valence-corrected chi connectivity index (χ0v) is 14.4. The molecule has 0 aliphatic heterocycles. The van der Waals surface area contributed by atoms with Crippen molar-refractivity contribution < 1.29 is 16.8 Å². The molecule has 0 bridgehead atoms. The Kier molecular flexibility index (Phi) is 6.12. The van der Waals surface area contributed by atoms with E-state index in [0.29, 0.717) is 25.7 Å². The first-order valence-corrected chi connectivity index (χ1v) is 11.8. The van der Waals surface area contributed by atoms with Crippen LogP contribution in [0.3, 0.4) is 0 Å². The average Bonchev–Trinajstić information content (AvgIpc) is 2.83. The minimum atomic E-state index is -3.51. The lowest BCUT2D eigenvalue weighted by Crippen LogP contribution is -2.33. The molecule has 2 saturated carbocycles. The third-order valence-electron chi connectivity index (χ3n) is 4.95. The molecule has 0 N–H and O–H groups in total. The van der Waals surface area contributed by atoms with E-state index >= 15 is 0 Å². The van der Waals surface area contributed by atoms with E-state index in [0.717, 1.165) is 51.4 Å². The number of hydrogen-bond acceptors (Lipinski definition) is 4. The van der Waals surface area contributed by atoms with E-state index in [1.807, 2.05) is 0 Å². The van der Waals surface area contributed by atoms with Crippen LogP contribution in [0.1, 0.15) is 77.0 Å². The van der Waals surface area contributed by atoms with Crippen LogP contribution in [0.5, 0.6) is 0 Å². The lowest BCUT2D eigenvalue weighted by molar-refractivity contribution is 0.554. The van der Waals surface area contributed by atoms with Crippen molar-refractivity contribution in [2.45, 2.75) is 87.5 Å². The highest BCUT2D eigenvalue weighted by Gasteiger charge is 2.35. The molecule has 0 saturated heterocycles. The molecule has 0 aromatic rings. The Balaban J connectivity index is 2.06. The lowest BCUT2D eigenvalue weighted by atomic mass is 10.2. The molecule has 0 amide bonds. The zero-order chi connectivity index (χ0) is 15.3. The predicted octanol–water partition coefficient (Wildman–Crippen LogP) is 3.22. The van der Waals surface area contributed by atoms with Gasteiger partial charge in [-0.1, -0.05) is 51.4 Å². The van der Waals surface area contributed by atoms with Crippen molar-refractivity contribution in [1.82, 2.24) is 0 Å². The fraction of sp³-hybridized carbons (Fsp3) is 1.00. The van der Waals surface area contributed by atoms with Crippen molar-refractivity contribution in [3.8, 4) is 0 Å². The SMILES string of the molecule is O=S(=O)(CS(=O)(=O)C1CCCCCC1)C1CCCCCC1. The van der Waals surface area contributed by atoms with Crippen molar-refractivity contribution in [2.24, 2.45) is 0 Å². The number of sulfone groups is 2. The highest BCUT2D eigenvalue weighted by molar-refractivity contribution is 8.08. The van der Waals surface area contributed by atoms with E-state index in [1.165, 1.54) is 0 Å². The number of hydrogen-bond donors (Lipinski definition) is 0. The highest BCUT2D eigenvalue weighted by Crippen LogP contribution is 2.28. The van der Waals surface area contributed by atoms with Gasteiger partial charge in [-0.25, -0.2) is 16.8 Å². The summed E-state index contributed by atoms with van der Waals surface area (Å²) in [7, 11) is -7.03. The van der Waals surface area contributed by atoms with Crippen LogP contribution in [0, 0.1) is 0 Å². The molecule has 4 nitrogen and oxygen atoms in total. The molecule has 2 aliphatic carbocycles. The van der Waals surface area contributed by atoms with Gasteiger partial charge in [0.1, 0.15) is 0 Å². The Morgan fingerprint density at radius 1 is 0.524 bits per heavy atom. The Morgan fingerprint density at radius 3 is 1.10 bits per heavy atom. The quantitative estimate of drug-likeness (QED) is 0.739. The van der Waals surface area contributed by atoms with Gasteiger partial charge in [-0.05, 0) is 25.7 Å². The van der Waals surface area contributed by atoms with Crippen LogP contribution in [-0.4, -0.2) is 32.4 Å². The summed E-state index contributed by atoms with van der Waals surface area (Å²) >= 11 is 0. The second-order valence-electron chi connectivity index (χ2n) is 6.67. The Hall–Kier alpha value is -0.100. The largest absolute Gasteiger partial charge is 0.227 e. The first-order valence-electron chi connectivity index (χ1n) is 8.35. The molecule has 0 atom stereocenters. The third kappa shape index (κ3) is 4.95. The summed E-state index contributed by atoms with van der Waals surface area (Å²) < 4.78 is 50.0. The van der Waals surface area contributed by atoms with E-state index in [4.69, 9.17) is 0 Å². The molecule has 0 aromatic carbocycles. The maximum Gasteiger partial charge on any atom is 0.167 e. The van der Waals surface area contributed by atoms with E-state index in [-0.39, 0.29) is 0 Å². The summed E-state index contributed by atoms with van der Waals surface area (Å²) in [5.74, 6) is 0. The average molecular weight is 337 g/mol. The monoisotopic (exact) mass is 336 g/mol. The fourth-order valence-corrected chi connectivity index (χ4v) is 9.10. The van der Waals surface area contributed by atoms with E-state index in [9.17, 15) is 16.8 Å². The molecule has 2 fully saturated rings. The smallest absolute Gasteiger partial charge is 0.167 e. The van der Waals surface area contributed by atoms with Crippen LogP contribution in [0.2, 0.25) is 0 Å². The predicted molar refractivity (Wildman–Crippen MR) is 85.7 cm³/mol. The van der Waals surface area contributed by atoms with Gasteiger partial charge < -0.3 is 0 Å². The maximum absolute atomic E-state index is 12.5. The van der Waals surface area contributed by atoms with Gasteiger partial charge in [0.2, 0.25) is 0 Å². The van der Waals surface area contributed by atoms with Crippen LogP contribution in [0.4, 0.5) is 0 Å². The number of rotatable bonds is 4. The van der Waals surface area contributed by atoms with Gasteiger partial charge in [0, 0.05) is 0 Å². The Bertz CT molecular complexity index is 458. The van der Waals surface area contributed by atoms with Crippen molar-refractivity contribution in [1.29, 1.82) is 0 Å². The topological polar surface area (TPSA) is 68.3 Å². The maximum atomic E-state index is 12.5. The fourth-order valence-electron chi connectivity index (χ4n) is 3.62. The molecule has 0 spiro atoms. The van der Waals surface area contributed by atoms with Crippen LogP contribution in [-0.2, 0) is 19.7 Å². The molecular formula is C15H28O4S2. The summed E-state index contributed by atoms with van der Waals surface area (Å²) in [6, 6.07) is 0. The van der Waals surface area contributed by atoms with E-state index in [1.54, 1.807) is 0 Å². The van der Waals surface area contributed by atoms with Crippen molar-refractivity contribution >= 4 is 19.7 Å². The molecule has 0 heterocycles. The second kappa shape index (κ2) is 7.44.